The lowest BCUT2D eigenvalue weighted by Gasteiger charge is -2.38. The molecule has 0 spiro atoms. The molecular weight excluding hydrogens is 413 g/mol. The minimum atomic E-state index is -4.46. The average Bonchev–Trinajstić information content (AvgIpc) is 2.95. The van der Waals surface area contributed by atoms with E-state index in [1.807, 2.05) is 0 Å². The molecule has 2 rings (SSSR count). The highest BCUT2D eigenvalue weighted by atomic mass is 28.4. The Balaban J connectivity index is 2.30. The van der Waals surface area contributed by atoms with Gasteiger partial charge in [0.2, 0.25) is 0 Å². The van der Waals surface area contributed by atoms with Gasteiger partial charge in [-0.25, -0.2) is 4.79 Å². The maximum Gasteiger partial charge on any atom is 0.417 e. The highest BCUT2D eigenvalue weighted by Gasteiger charge is 2.45. The van der Waals surface area contributed by atoms with Crippen molar-refractivity contribution in [3.63, 3.8) is 0 Å². The first-order valence-corrected chi connectivity index (χ1v) is 13.0. The number of halogens is 3. The van der Waals surface area contributed by atoms with E-state index < -0.39 is 37.8 Å². The van der Waals surface area contributed by atoms with Crippen molar-refractivity contribution in [3.8, 4) is 0 Å². The number of nitrogens with zero attached hydrogens (tertiary/aromatic N) is 2. The number of pyridine rings is 1. The van der Waals surface area contributed by atoms with Crippen LogP contribution in [0.1, 0.15) is 65.3 Å². The van der Waals surface area contributed by atoms with Crippen molar-refractivity contribution in [2.75, 3.05) is 6.54 Å². The maximum atomic E-state index is 12.9. The van der Waals surface area contributed by atoms with Crippen LogP contribution in [0, 0.1) is 0 Å². The van der Waals surface area contributed by atoms with Gasteiger partial charge in [-0.3, -0.25) is 9.88 Å². The molecule has 1 aliphatic heterocycles. The zero-order valence-corrected chi connectivity index (χ0v) is 20.1. The average molecular weight is 447 g/mol. The molecular formula is C21H33F3N2O3Si. The third-order valence-electron chi connectivity index (χ3n) is 5.61. The first kappa shape index (κ1) is 24.7. The summed E-state index contributed by atoms with van der Waals surface area (Å²) in [5, 5.41) is -0.00551. The van der Waals surface area contributed by atoms with Gasteiger partial charge in [0.15, 0.2) is 8.32 Å². The van der Waals surface area contributed by atoms with Gasteiger partial charge in [-0.05, 0) is 51.0 Å². The number of rotatable bonds is 3. The number of carbonyl (C=O) groups excluding carboxylic acids is 1. The largest absolute Gasteiger partial charge is 0.444 e. The lowest BCUT2D eigenvalue weighted by Crippen LogP contribution is -2.45. The van der Waals surface area contributed by atoms with Crippen LogP contribution >= 0.6 is 0 Å². The topological polar surface area (TPSA) is 51.7 Å². The molecule has 0 bridgehead atoms. The third kappa shape index (κ3) is 5.97. The molecule has 5 nitrogen and oxygen atoms in total. The summed E-state index contributed by atoms with van der Waals surface area (Å²) in [6.07, 6.45) is -3.93. The van der Waals surface area contributed by atoms with Gasteiger partial charge in [-0.1, -0.05) is 20.8 Å². The van der Waals surface area contributed by atoms with Crippen LogP contribution in [-0.4, -0.2) is 42.5 Å². The summed E-state index contributed by atoms with van der Waals surface area (Å²) in [4.78, 5) is 18.4. The lowest BCUT2D eigenvalue weighted by molar-refractivity contribution is -0.137. The molecule has 170 valence electrons. The Morgan fingerprint density at radius 2 is 1.73 bits per heavy atom. The number of amides is 1. The number of likely N-dealkylation sites (tertiary alicyclic amines) is 1. The molecule has 0 aliphatic carbocycles. The van der Waals surface area contributed by atoms with Crippen LogP contribution in [0.4, 0.5) is 18.0 Å². The molecule has 9 heteroatoms. The highest BCUT2D eigenvalue weighted by Crippen LogP contribution is 2.41. The number of alkyl halides is 3. The Kier molecular flexibility index (Phi) is 6.69. The van der Waals surface area contributed by atoms with E-state index in [0.29, 0.717) is 18.7 Å². The lowest BCUT2D eigenvalue weighted by atomic mass is 10.1. The second kappa shape index (κ2) is 8.14. The van der Waals surface area contributed by atoms with E-state index in [9.17, 15) is 18.0 Å². The Labute approximate surface area is 178 Å². The molecule has 2 heterocycles. The van der Waals surface area contributed by atoms with E-state index in [4.69, 9.17) is 9.16 Å². The van der Waals surface area contributed by atoms with E-state index in [1.54, 1.807) is 20.8 Å². The van der Waals surface area contributed by atoms with Crippen molar-refractivity contribution in [2.45, 2.75) is 90.0 Å². The molecule has 1 aromatic heterocycles. The number of hydrogen-bond donors (Lipinski definition) is 0. The molecule has 1 aromatic rings. The van der Waals surface area contributed by atoms with Gasteiger partial charge in [-0.2, -0.15) is 13.2 Å². The van der Waals surface area contributed by atoms with E-state index in [2.05, 4.69) is 38.8 Å². The standard InChI is InChI=1S/C21H33F3N2O3Si/c1-19(2,3)28-18(27)26-13-15(29-30(7,8)20(4,5)6)11-17(26)16-10-9-14(12-25-16)21(22,23)24/h9-10,12,15,17H,11,13H2,1-8H3. The molecule has 0 saturated carbocycles. The second-order valence-electron chi connectivity index (χ2n) is 10.4. The summed E-state index contributed by atoms with van der Waals surface area (Å²) < 4.78 is 50.7. The van der Waals surface area contributed by atoms with Gasteiger partial charge < -0.3 is 9.16 Å². The summed E-state index contributed by atoms with van der Waals surface area (Å²) in [6.45, 7) is 16.3. The van der Waals surface area contributed by atoms with E-state index in [0.717, 1.165) is 12.3 Å². The minimum Gasteiger partial charge on any atom is -0.444 e. The Bertz CT molecular complexity index is 753. The zero-order chi connectivity index (χ0) is 23.1. The number of hydrogen-bond acceptors (Lipinski definition) is 4. The molecule has 30 heavy (non-hydrogen) atoms. The molecule has 1 aliphatic rings. The predicted octanol–water partition coefficient (Wildman–Crippen LogP) is 6.17. The van der Waals surface area contributed by atoms with Gasteiger partial charge >= 0.3 is 12.3 Å². The van der Waals surface area contributed by atoms with Crippen molar-refractivity contribution in [2.24, 2.45) is 0 Å². The van der Waals surface area contributed by atoms with Crippen LogP contribution in [0.15, 0.2) is 18.3 Å². The molecule has 1 amide bonds. The molecule has 2 atom stereocenters. The van der Waals surface area contributed by atoms with Gasteiger partial charge in [-0.15, -0.1) is 0 Å². The summed E-state index contributed by atoms with van der Waals surface area (Å²) >= 11 is 0. The van der Waals surface area contributed by atoms with E-state index in [1.165, 1.54) is 11.0 Å². The SMILES string of the molecule is CC(C)(C)OC(=O)N1CC(O[Si](C)(C)C(C)(C)C)CC1c1ccc(C(F)(F)F)cn1. The molecule has 0 radical (unpaired) electrons. The van der Waals surface area contributed by atoms with Crippen LogP contribution in [0.2, 0.25) is 18.1 Å². The third-order valence-corrected chi connectivity index (χ3v) is 10.1. The van der Waals surface area contributed by atoms with Crippen LogP contribution in [0.5, 0.6) is 0 Å². The van der Waals surface area contributed by atoms with Crippen LogP contribution < -0.4 is 0 Å². The molecule has 0 N–H and O–H groups in total. The van der Waals surface area contributed by atoms with Crippen molar-refractivity contribution >= 4 is 14.4 Å². The molecule has 0 aromatic carbocycles. The normalized spacial score (nSPS) is 21.1. The fraction of sp³-hybridized carbons (Fsp3) is 0.714. The van der Waals surface area contributed by atoms with Gasteiger partial charge in [0.25, 0.3) is 0 Å². The van der Waals surface area contributed by atoms with Crippen molar-refractivity contribution in [1.82, 2.24) is 9.88 Å². The van der Waals surface area contributed by atoms with E-state index in [-0.39, 0.29) is 11.1 Å². The zero-order valence-electron chi connectivity index (χ0n) is 19.1. The summed E-state index contributed by atoms with van der Waals surface area (Å²) in [5.41, 5.74) is -1.11. The summed E-state index contributed by atoms with van der Waals surface area (Å²) in [7, 11) is -2.09. The summed E-state index contributed by atoms with van der Waals surface area (Å²) in [5.74, 6) is 0. The van der Waals surface area contributed by atoms with Gasteiger partial charge in [0, 0.05) is 19.2 Å². The second-order valence-corrected chi connectivity index (χ2v) is 15.1. The first-order valence-electron chi connectivity index (χ1n) is 10.1. The van der Waals surface area contributed by atoms with Crippen LogP contribution in [0.3, 0.4) is 0 Å². The number of carbonyl (C=O) groups is 1. The fourth-order valence-electron chi connectivity index (χ4n) is 3.05. The van der Waals surface area contributed by atoms with Gasteiger partial charge in [0.05, 0.1) is 23.4 Å². The Morgan fingerprint density at radius 1 is 1.13 bits per heavy atom. The number of ether oxygens (including phenoxy) is 1. The smallest absolute Gasteiger partial charge is 0.417 e. The van der Waals surface area contributed by atoms with Crippen molar-refractivity contribution < 1.29 is 27.1 Å². The van der Waals surface area contributed by atoms with Crippen molar-refractivity contribution in [1.29, 1.82) is 0 Å². The van der Waals surface area contributed by atoms with Crippen LogP contribution in [-0.2, 0) is 15.3 Å². The minimum absolute atomic E-state index is 0.00551. The summed E-state index contributed by atoms with van der Waals surface area (Å²) in [6, 6.07) is 1.83. The molecule has 1 saturated heterocycles. The fourth-order valence-corrected chi connectivity index (χ4v) is 4.41. The Hall–Kier alpha value is -1.61. The maximum absolute atomic E-state index is 12.9. The molecule has 1 fully saturated rings. The van der Waals surface area contributed by atoms with Gasteiger partial charge in [0.1, 0.15) is 5.60 Å². The van der Waals surface area contributed by atoms with E-state index >= 15 is 0 Å². The highest BCUT2D eigenvalue weighted by molar-refractivity contribution is 6.74. The first-order chi connectivity index (χ1) is 13.4. The quantitative estimate of drug-likeness (QED) is 0.521. The van der Waals surface area contributed by atoms with Crippen LogP contribution in [0.25, 0.3) is 0 Å². The Morgan fingerprint density at radius 3 is 2.17 bits per heavy atom. The number of aromatic nitrogens is 1. The monoisotopic (exact) mass is 446 g/mol. The predicted molar refractivity (Wildman–Crippen MR) is 112 cm³/mol. The molecule has 2 unspecified atom stereocenters. The van der Waals surface area contributed by atoms with Crippen molar-refractivity contribution in [3.05, 3.63) is 29.6 Å².